The molecule has 5 rings (SSSR count). The predicted molar refractivity (Wildman–Crippen MR) is 153 cm³/mol. The highest BCUT2D eigenvalue weighted by atomic mass is 19.1. The topological polar surface area (TPSA) is 67.4 Å². The Labute approximate surface area is 230 Å². The summed E-state index contributed by atoms with van der Waals surface area (Å²) in [6.45, 7) is 0. The van der Waals surface area contributed by atoms with Gasteiger partial charge in [0, 0.05) is 16.7 Å². The molecule has 0 unspecified atom stereocenters. The van der Waals surface area contributed by atoms with E-state index in [1.165, 1.54) is 49.6 Å². The molecule has 0 saturated heterocycles. The second kappa shape index (κ2) is 11.6. The smallest absolute Gasteiger partial charge is 0.259 e. The van der Waals surface area contributed by atoms with E-state index in [2.05, 4.69) is 10.6 Å². The van der Waals surface area contributed by atoms with Crippen LogP contribution in [0.5, 0.6) is 5.75 Å². The standard InChI is InChI=1S/C33H24F2N2O3/c1-40-29-19-18-23(32(38)36-27-16-8-14-25(34)30(27)21-10-4-2-5-11-21)20-24(29)33(39)37-28-17-9-15-26(35)31(28)22-12-6-3-7-13-22/h2-20H,1H3,(H,36,38)(H,37,39). The molecule has 2 amide bonds. The second-order valence-corrected chi connectivity index (χ2v) is 8.88. The third-order valence-corrected chi connectivity index (χ3v) is 6.35. The van der Waals surface area contributed by atoms with E-state index < -0.39 is 23.4 Å². The van der Waals surface area contributed by atoms with Gasteiger partial charge in [-0.15, -0.1) is 0 Å². The highest BCUT2D eigenvalue weighted by Gasteiger charge is 2.20. The molecule has 5 aromatic rings. The average molecular weight is 535 g/mol. The number of hydrogen-bond donors (Lipinski definition) is 2. The van der Waals surface area contributed by atoms with Gasteiger partial charge in [0.05, 0.1) is 24.0 Å². The zero-order valence-electron chi connectivity index (χ0n) is 21.5. The van der Waals surface area contributed by atoms with Gasteiger partial charge in [-0.3, -0.25) is 9.59 Å². The molecule has 40 heavy (non-hydrogen) atoms. The number of benzene rings is 5. The lowest BCUT2D eigenvalue weighted by atomic mass is 10.0. The Kier molecular flexibility index (Phi) is 7.64. The van der Waals surface area contributed by atoms with Crippen LogP contribution in [0.25, 0.3) is 22.3 Å². The zero-order valence-corrected chi connectivity index (χ0v) is 21.5. The third kappa shape index (κ3) is 5.44. The Balaban J connectivity index is 1.45. The van der Waals surface area contributed by atoms with Gasteiger partial charge >= 0.3 is 0 Å². The number of ether oxygens (including phenoxy) is 1. The lowest BCUT2D eigenvalue weighted by Crippen LogP contribution is -2.17. The maximum absolute atomic E-state index is 14.8. The average Bonchev–Trinajstić information content (AvgIpc) is 2.98. The first-order chi connectivity index (χ1) is 19.5. The van der Waals surface area contributed by atoms with Gasteiger partial charge in [-0.25, -0.2) is 8.78 Å². The van der Waals surface area contributed by atoms with Crippen LogP contribution >= 0.6 is 0 Å². The van der Waals surface area contributed by atoms with Crippen LogP contribution < -0.4 is 15.4 Å². The van der Waals surface area contributed by atoms with E-state index in [0.29, 0.717) is 11.1 Å². The Hall–Kier alpha value is -5.30. The van der Waals surface area contributed by atoms with E-state index in [1.807, 2.05) is 12.1 Å². The van der Waals surface area contributed by atoms with Crippen molar-refractivity contribution in [3.05, 3.63) is 138 Å². The van der Waals surface area contributed by atoms with Gasteiger partial charge in [0.25, 0.3) is 11.8 Å². The minimum absolute atomic E-state index is 0.0703. The van der Waals surface area contributed by atoms with E-state index in [1.54, 1.807) is 60.7 Å². The molecule has 0 aliphatic heterocycles. The third-order valence-electron chi connectivity index (χ3n) is 6.35. The Morgan fingerprint density at radius 3 is 1.60 bits per heavy atom. The summed E-state index contributed by atoms with van der Waals surface area (Å²) >= 11 is 0. The SMILES string of the molecule is COc1ccc(C(=O)Nc2cccc(F)c2-c2ccccc2)cc1C(=O)Nc1cccc(F)c1-c1ccccc1. The van der Waals surface area contributed by atoms with E-state index in [-0.39, 0.29) is 39.4 Å². The second-order valence-electron chi connectivity index (χ2n) is 8.88. The molecule has 0 saturated carbocycles. The van der Waals surface area contributed by atoms with E-state index in [0.717, 1.165) is 0 Å². The first-order valence-corrected chi connectivity index (χ1v) is 12.4. The fourth-order valence-corrected chi connectivity index (χ4v) is 4.46. The van der Waals surface area contributed by atoms with Crippen molar-refractivity contribution in [3.8, 4) is 28.0 Å². The van der Waals surface area contributed by atoms with Gasteiger partial charge in [0.2, 0.25) is 0 Å². The highest BCUT2D eigenvalue weighted by Crippen LogP contribution is 2.33. The molecule has 0 fully saturated rings. The highest BCUT2D eigenvalue weighted by molar-refractivity contribution is 6.11. The summed E-state index contributed by atoms with van der Waals surface area (Å²) in [6, 6.07) is 31.0. The van der Waals surface area contributed by atoms with Crippen LogP contribution in [0.3, 0.4) is 0 Å². The molecule has 0 aliphatic carbocycles. The molecule has 0 aliphatic rings. The van der Waals surface area contributed by atoms with Crippen LogP contribution in [0.2, 0.25) is 0 Å². The van der Waals surface area contributed by atoms with Crippen molar-refractivity contribution < 1.29 is 23.1 Å². The molecule has 5 nitrogen and oxygen atoms in total. The van der Waals surface area contributed by atoms with Gasteiger partial charge in [0.15, 0.2) is 0 Å². The van der Waals surface area contributed by atoms with Crippen molar-refractivity contribution in [1.82, 2.24) is 0 Å². The largest absolute Gasteiger partial charge is 0.496 e. The molecular formula is C33H24F2N2O3. The van der Waals surface area contributed by atoms with E-state index in [4.69, 9.17) is 4.74 Å². The molecule has 0 bridgehead atoms. The minimum Gasteiger partial charge on any atom is -0.496 e. The lowest BCUT2D eigenvalue weighted by molar-refractivity contribution is 0.102. The predicted octanol–water partition coefficient (Wildman–Crippen LogP) is 7.81. The number of methoxy groups -OCH3 is 1. The van der Waals surface area contributed by atoms with Crippen molar-refractivity contribution in [2.24, 2.45) is 0 Å². The van der Waals surface area contributed by atoms with Gasteiger partial charge in [-0.1, -0.05) is 72.8 Å². The number of carbonyl (C=O) groups is 2. The van der Waals surface area contributed by atoms with Crippen LogP contribution in [-0.2, 0) is 0 Å². The summed E-state index contributed by atoms with van der Waals surface area (Å²) in [5, 5.41) is 5.51. The number of halogens is 2. The summed E-state index contributed by atoms with van der Waals surface area (Å²) < 4.78 is 35.0. The number of amides is 2. The molecule has 0 heterocycles. The van der Waals surface area contributed by atoms with Crippen LogP contribution in [0, 0.1) is 11.6 Å². The molecule has 0 spiro atoms. The van der Waals surface area contributed by atoms with Crippen LogP contribution in [0.1, 0.15) is 20.7 Å². The number of anilines is 2. The summed E-state index contributed by atoms with van der Waals surface area (Å²) in [6.07, 6.45) is 0. The van der Waals surface area contributed by atoms with Crippen molar-refractivity contribution in [3.63, 3.8) is 0 Å². The quantitative estimate of drug-likeness (QED) is 0.224. The van der Waals surface area contributed by atoms with Gasteiger partial charge in [-0.05, 0) is 53.6 Å². The Bertz CT molecular complexity index is 1690. The molecule has 0 atom stereocenters. The van der Waals surface area contributed by atoms with E-state index in [9.17, 15) is 18.4 Å². The van der Waals surface area contributed by atoms with Crippen LogP contribution in [0.15, 0.2) is 115 Å². The Morgan fingerprint density at radius 2 is 1.10 bits per heavy atom. The van der Waals surface area contributed by atoms with Crippen molar-refractivity contribution in [2.75, 3.05) is 17.7 Å². The first-order valence-electron chi connectivity index (χ1n) is 12.4. The van der Waals surface area contributed by atoms with Gasteiger partial charge < -0.3 is 15.4 Å². The first kappa shape index (κ1) is 26.3. The summed E-state index contributed by atoms with van der Waals surface area (Å²) in [4.78, 5) is 26.7. The van der Waals surface area contributed by atoms with Gasteiger partial charge in [0.1, 0.15) is 17.4 Å². The molecular weight excluding hydrogens is 510 g/mol. The van der Waals surface area contributed by atoms with E-state index >= 15 is 0 Å². The molecule has 0 aromatic heterocycles. The van der Waals surface area contributed by atoms with Crippen molar-refractivity contribution >= 4 is 23.2 Å². The summed E-state index contributed by atoms with van der Waals surface area (Å²) in [7, 11) is 1.41. The van der Waals surface area contributed by atoms with Crippen molar-refractivity contribution in [1.29, 1.82) is 0 Å². The fourth-order valence-electron chi connectivity index (χ4n) is 4.46. The lowest BCUT2D eigenvalue weighted by Gasteiger charge is -2.15. The number of rotatable bonds is 7. The molecule has 198 valence electrons. The molecule has 2 N–H and O–H groups in total. The maximum Gasteiger partial charge on any atom is 0.259 e. The molecule has 0 radical (unpaired) electrons. The number of nitrogens with one attached hydrogen (secondary N) is 2. The zero-order chi connectivity index (χ0) is 28.1. The Morgan fingerprint density at radius 1 is 0.600 bits per heavy atom. The normalized spacial score (nSPS) is 10.6. The van der Waals surface area contributed by atoms with Crippen LogP contribution in [-0.4, -0.2) is 18.9 Å². The minimum atomic E-state index is -0.593. The maximum atomic E-state index is 14.8. The number of hydrogen-bond acceptors (Lipinski definition) is 3. The monoisotopic (exact) mass is 534 g/mol. The number of carbonyl (C=O) groups excluding carboxylic acids is 2. The molecule has 5 aromatic carbocycles. The van der Waals surface area contributed by atoms with Crippen LogP contribution in [0.4, 0.5) is 20.2 Å². The van der Waals surface area contributed by atoms with Gasteiger partial charge in [-0.2, -0.15) is 0 Å². The fraction of sp³-hybridized carbons (Fsp3) is 0.0303. The summed E-state index contributed by atoms with van der Waals surface area (Å²) in [5.74, 6) is -1.89. The summed E-state index contributed by atoms with van der Waals surface area (Å²) in [5.41, 5.74) is 2.46. The molecule has 7 heteroatoms. The van der Waals surface area contributed by atoms with Crippen molar-refractivity contribution in [2.45, 2.75) is 0 Å².